The molecule has 0 N–H and O–H groups in total. The van der Waals surface area contributed by atoms with Gasteiger partial charge in [0.25, 0.3) is 0 Å². The monoisotopic (exact) mass is 161 g/mol. The Labute approximate surface area is 69.0 Å². The molecule has 0 amide bonds. The van der Waals surface area contributed by atoms with Crippen molar-refractivity contribution >= 4 is 17.2 Å². The van der Waals surface area contributed by atoms with Crippen LogP contribution < -0.4 is 0 Å². The van der Waals surface area contributed by atoms with Crippen molar-refractivity contribution < 1.29 is 9.32 Å². The Bertz CT molecular complexity index is 431. The van der Waals surface area contributed by atoms with Crippen LogP contribution in [0, 0.1) is 6.92 Å². The third-order valence-electron chi connectivity index (χ3n) is 1.85. The minimum Gasteiger partial charge on any atom is -0.352 e. The standard InChI is InChI=1S/C9H7NO2/c1-6-3-2-4-7-8(5-11)12-10-9(6)7/h2-5H,1H3. The van der Waals surface area contributed by atoms with E-state index in [-0.39, 0.29) is 0 Å². The molecule has 0 aliphatic rings. The van der Waals surface area contributed by atoms with Crippen molar-refractivity contribution in [3.8, 4) is 0 Å². The molecule has 0 aliphatic carbocycles. The largest absolute Gasteiger partial charge is 0.352 e. The predicted octanol–water partition coefficient (Wildman–Crippen LogP) is 1.95. The normalized spacial score (nSPS) is 10.4. The van der Waals surface area contributed by atoms with Crippen molar-refractivity contribution in [3.63, 3.8) is 0 Å². The fourth-order valence-corrected chi connectivity index (χ4v) is 1.21. The smallest absolute Gasteiger partial charge is 0.207 e. The van der Waals surface area contributed by atoms with E-state index in [4.69, 9.17) is 4.52 Å². The van der Waals surface area contributed by atoms with E-state index in [2.05, 4.69) is 5.16 Å². The van der Waals surface area contributed by atoms with E-state index in [0.717, 1.165) is 16.5 Å². The van der Waals surface area contributed by atoms with Crippen molar-refractivity contribution in [3.05, 3.63) is 29.5 Å². The van der Waals surface area contributed by atoms with Gasteiger partial charge >= 0.3 is 0 Å². The van der Waals surface area contributed by atoms with E-state index < -0.39 is 0 Å². The van der Waals surface area contributed by atoms with Crippen LogP contribution in [0.4, 0.5) is 0 Å². The summed E-state index contributed by atoms with van der Waals surface area (Å²) in [4.78, 5) is 10.5. The first-order valence-electron chi connectivity index (χ1n) is 3.63. The molecule has 0 aliphatic heterocycles. The molecular formula is C9H7NO2. The van der Waals surface area contributed by atoms with Crippen molar-refractivity contribution in [2.45, 2.75) is 6.92 Å². The molecule has 0 bridgehead atoms. The van der Waals surface area contributed by atoms with E-state index in [0.29, 0.717) is 12.0 Å². The van der Waals surface area contributed by atoms with E-state index >= 15 is 0 Å². The number of aldehydes is 1. The Hall–Kier alpha value is -1.64. The molecular weight excluding hydrogens is 154 g/mol. The quantitative estimate of drug-likeness (QED) is 0.600. The number of nitrogens with zero attached hydrogens (tertiary/aromatic N) is 1. The zero-order valence-electron chi connectivity index (χ0n) is 6.57. The van der Waals surface area contributed by atoms with E-state index in [1.165, 1.54) is 0 Å². The molecule has 3 heteroatoms. The van der Waals surface area contributed by atoms with Crippen LogP contribution in [0.15, 0.2) is 22.7 Å². The maximum Gasteiger partial charge on any atom is 0.207 e. The van der Waals surface area contributed by atoms with Gasteiger partial charge in [0.1, 0.15) is 5.52 Å². The minimum absolute atomic E-state index is 0.300. The summed E-state index contributed by atoms with van der Waals surface area (Å²) in [6.45, 7) is 1.93. The maximum absolute atomic E-state index is 10.5. The summed E-state index contributed by atoms with van der Waals surface area (Å²) in [6.07, 6.45) is 0.675. The average molecular weight is 161 g/mol. The molecule has 0 fully saturated rings. The highest BCUT2D eigenvalue weighted by molar-refractivity contribution is 5.94. The number of carbonyl (C=O) groups excluding carboxylic acids is 1. The lowest BCUT2D eigenvalue weighted by Crippen LogP contribution is -1.76. The van der Waals surface area contributed by atoms with Crippen LogP contribution >= 0.6 is 0 Å². The molecule has 0 spiro atoms. The van der Waals surface area contributed by atoms with Crippen LogP contribution in [0.1, 0.15) is 16.1 Å². The number of fused-ring (bicyclic) bond motifs is 1. The number of rotatable bonds is 1. The molecule has 0 unspecified atom stereocenters. The average Bonchev–Trinajstić information content (AvgIpc) is 2.49. The first-order valence-corrected chi connectivity index (χ1v) is 3.63. The maximum atomic E-state index is 10.5. The Morgan fingerprint density at radius 2 is 2.33 bits per heavy atom. The van der Waals surface area contributed by atoms with Gasteiger partial charge in [-0.1, -0.05) is 17.3 Å². The predicted molar refractivity (Wildman–Crippen MR) is 44.1 cm³/mol. The lowest BCUT2D eigenvalue weighted by atomic mass is 10.1. The summed E-state index contributed by atoms with van der Waals surface area (Å²) in [5.74, 6) is 0.300. The lowest BCUT2D eigenvalue weighted by molar-refractivity contribution is 0.109. The van der Waals surface area contributed by atoms with Gasteiger partial charge in [0.05, 0.1) is 5.39 Å². The summed E-state index contributed by atoms with van der Waals surface area (Å²) in [7, 11) is 0. The van der Waals surface area contributed by atoms with Crippen LogP contribution in [0.3, 0.4) is 0 Å². The van der Waals surface area contributed by atoms with Gasteiger partial charge in [-0.15, -0.1) is 0 Å². The Morgan fingerprint density at radius 3 is 3.08 bits per heavy atom. The molecule has 0 saturated carbocycles. The van der Waals surface area contributed by atoms with Gasteiger partial charge in [-0.2, -0.15) is 0 Å². The summed E-state index contributed by atoms with van der Waals surface area (Å²) in [5.41, 5.74) is 1.78. The van der Waals surface area contributed by atoms with E-state index in [1.54, 1.807) is 0 Å². The molecule has 0 atom stereocenters. The third kappa shape index (κ3) is 0.830. The van der Waals surface area contributed by atoms with Gasteiger partial charge in [-0.3, -0.25) is 4.79 Å². The zero-order chi connectivity index (χ0) is 8.55. The molecule has 1 heterocycles. The molecule has 1 aromatic carbocycles. The number of hydrogen-bond acceptors (Lipinski definition) is 3. The second-order valence-electron chi connectivity index (χ2n) is 2.64. The second-order valence-corrected chi connectivity index (χ2v) is 2.64. The van der Waals surface area contributed by atoms with Gasteiger partial charge in [0, 0.05) is 0 Å². The summed E-state index contributed by atoms with van der Waals surface area (Å²) < 4.78 is 4.83. The fourth-order valence-electron chi connectivity index (χ4n) is 1.21. The van der Waals surface area contributed by atoms with Gasteiger partial charge < -0.3 is 4.52 Å². The molecule has 1 aromatic heterocycles. The topological polar surface area (TPSA) is 43.1 Å². The Balaban J connectivity index is 2.88. The zero-order valence-corrected chi connectivity index (χ0v) is 6.57. The van der Waals surface area contributed by atoms with Crippen LogP contribution in [0.5, 0.6) is 0 Å². The van der Waals surface area contributed by atoms with E-state index in [9.17, 15) is 4.79 Å². The molecule has 0 radical (unpaired) electrons. The molecule has 2 aromatic rings. The first-order chi connectivity index (χ1) is 5.83. The Kier molecular flexibility index (Phi) is 1.43. The highest BCUT2D eigenvalue weighted by atomic mass is 16.5. The first kappa shape index (κ1) is 7.03. The number of carbonyl (C=O) groups is 1. The SMILES string of the molecule is Cc1cccc2c(C=O)onc12. The van der Waals surface area contributed by atoms with Crippen molar-refractivity contribution in [1.29, 1.82) is 0 Å². The molecule has 12 heavy (non-hydrogen) atoms. The van der Waals surface area contributed by atoms with Crippen LogP contribution in [0.2, 0.25) is 0 Å². The van der Waals surface area contributed by atoms with Gasteiger partial charge in [0.2, 0.25) is 5.76 Å². The summed E-state index contributed by atoms with van der Waals surface area (Å²) in [6, 6.07) is 5.63. The second kappa shape index (κ2) is 2.44. The van der Waals surface area contributed by atoms with Gasteiger partial charge in [-0.05, 0) is 18.6 Å². The highest BCUT2D eigenvalue weighted by Gasteiger charge is 2.07. The third-order valence-corrected chi connectivity index (χ3v) is 1.85. The molecule has 60 valence electrons. The van der Waals surface area contributed by atoms with Crippen LogP contribution in [-0.2, 0) is 0 Å². The summed E-state index contributed by atoms with van der Waals surface area (Å²) >= 11 is 0. The molecule has 3 nitrogen and oxygen atoms in total. The number of hydrogen-bond donors (Lipinski definition) is 0. The highest BCUT2D eigenvalue weighted by Crippen LogP contribution is 2.19. The number of benzene rings is 1. The summed E-state index contributed by atoms with van der Waals surface area (Å²) in [5, 5.41) is 4.57. The van der Waals surface area contributed by atoms with Crippen molar-refractivity contribution in [2.75, 3.05) is 0 Å². The van der Waals surface area contributed by atoms with Crippen LogP contribution in [0.25, 0.3) is 10.9 Å². The lowest BCUT2D eigenvalue weighted by Gasteiger charge is -1.89. The Morgan fingerprint density at radius 1 is 1.50 bits per heavy atom. The van der Waals surface area contributed by atoms with E-state index in [1.807, 2.05) is 25.1 Å². The van der Waals surface area contributed by atoms with Crippen LogP contribution in [-0.4, -0.2) is 11.4 Å². The minimum atomic E-state index is 0.300. The molecule has 2 rings (SSSR count). The van der Waals surface area contributed by atoms with Gasteiger partial charge in [-0.25, -0.2) is 0 Å². The molecule has 0 saturated heterocycles. The number of aryl methyl sites for hydroxylation is 1. The number of aromatic nitrogens is 1. The van der Waals surface area contributed by atoms with Gasteiger partial charge in [0.15, 0.2) is 6.29 Å². The van der Waals surface area contributed by atoms with Crippen molar-refractivity contribution in [1.82, 2.24) is 5.16 Å². The fraction of sp³-hybridized carbons (Fsp3) is 0.111. The van der Waals surface area contributed by atoms with Crippen molar-refractivity contribution in [2.24, 2.45) is 0 Å².